The van der Waals surface area contributed by atoms with Crippen molar-refractivity contribution in [3.05, 3.63) is 29.8 Å². The average molecular weight is 222 g/mol. The standard InChI is InChI=1S/C13H18OS/c1-2-10(8-14)7-11-9-15-13-6-4-3-5-12(11)13/h3-6,10-11,14H,2,7-9H2,1H3. The Morgan fingerprint density at radius 1 is 1.47 bits per heavy atom. The normalized spacial score (nSPS) is 21.3. The van der Waals surface area contributed by atoms with Gasteiger partial charge in [0.05, 0.1) is 0 Å². The average Bonchev–Trinajstić information content (AvgIpc) is 2.69. The SMILES string of the molecule is CCC(CO)CC1CSc2ccccc21. The maximum atomic E-state index is 9.23. The van der Waals surface area contributed by atoms with E-state index in [1.54, 1.807) is 0 Å². The van der Waals surface area contributed by atoms with Crippen molar-refractivity contribution in [3.63, 3.8) is 0 Å². The van der Waals surface area contributed by atoms with Crippen molar-refractivity contribution in [3.8, 4) is 0 Å². The molecule has 1 aromatic carbocycles. The van der Waals surface area contributed by atoms with Gasteiger partial charge in [0, 0.05) is 17.3 Å². The highest BCUT2D eigenvalue weighted by Crippen LogP contribution is 2.42. The number of rotatable bonds is 4. The monoisotopic (exact) mass is 222 g/mol. The predicted molar refractivity (Wildman–Crippen MR) is 65.4 cm³/mol. The van der Waals surface area contributed by atoms with Crippen LogP contribution < -0.4 is 0 Å². The summed E-state index contributed by atoms with van der Waals surface area (Å²) in [5, 5.41) is 9.23. The summed E-state index contributed by atoms with van der Waals surface area (Å²) in [5.74, 6) is 2.32. The molecule has 0 amide bonds. The van der Waals surface area contributed by atoms with Crippen molar-refractivity contribution < 1.29 is 5.11 Å². The second-order valence-corrected chi connectivity index (χ2v) is 5.30. The molecule has 1 nitrogen and oxygen atoms in total. The van der Waals surface area contributed by atoms with E-state index in [4.69, 9.17) is 0 Å². The fourth-order valence-corrected chi connectivity index (χ4v) is 3.47. The first-order valence-electron chi connectivity index (χ1n) is 5.67. The molecule has 2 atom stereocenters. The molecule has 1 aromatic rings. The van der Waals surface area contributed by atoms with Crippen molar-refractivity contribution in [1.82, 2.24) is 0 Å². The number of benzene rings is 1. The van der Waals surface area contributed by atoms with E-state index in [9.17, 15) is 5.11 Å². The Kier molecular flexibility index (Phi) is 3.71. The van der Waals surface area contributed by atoms with Gasteiger partial charge in [-0.3, -0.25) is 0 Å². The van der Waals surface area contributed by atoms with Crippen LogP contribution in [0.25, 0.3) is 0 Å². The highest BCUT2D eigenvalue weighted by atomic mass is 32.2. The molecule has 0 aliphatic carbocycles. The minimum atomic E-state index is 0.333. The lowest BCUT2D eigenvalue weighted by Gasteiger charge is -2.17. The van der Waals surface area contributed by atoms with Gasteiger partial charge in [-0.1, -0.05) is 31.5 Å². The highest BCUT2D eigenvalue weighted by molar-refractivity contribution is 7.99. The van der Waals surface area contributed by atoms with Crippen molar-refractivity contribution in [2.24, 2.45) is 5.92 Å². The summed E-state index contributed by atoms with van der Waals surface area (Å²) in [4.78, 5) is 1.44. The van der Waals surface area contributed by atoms with Gasteiger partial charge in [-0.05, 0) is 29.9 Å². The summed E-state index contributed by atoms with van der Waals surface area (Å²) in [6.45, 7) is 2.49. The minimum absolute atomic E-state index is 0.333. The molecule has 1 N–H and O–H groups in total. The number of hydrogen-bond donors (Lipinski definition) is 1. The van der Waals surface area contributed by atoms with Crippen LogP contribution in [-0.2, 0) is 0 Å². The van der Waals surface area contributed by atoms with Crippen LogP contribution in [0.2, 0.25) is 0 Å². The highest BCUT2D eigenvalue weighted by Gasteiger charge is 2.24. The van der Waals surface area contributed by atoms with Crippen LogP contribution in [0.15, 0.2) is 29.2 Å². The van der Waals surface area contributed by atoms with Crippen molar-refractivity contribution in [1.29, 1.82) is 0 Å². The van der Waals surface area contributed by atoms with Crippen molar-refractivity contribution >= 4 is 11.8 Å². The van der Waals surface area contributed by atoms with Gasteiger partial charge in [-0.25, -0.2) is 0 Å². The van der Waals surface area contributed by atoms with Crippen molar-refractivity contribution in [2.75, 3.05) is 12.4 Å². The van der Waals surface area contributed by atoms with Gasteiger partial charge >= 0.3 is 0 Å². The smallest absolute Gasteiger partial charge is 0.0459 e. The molecule has 1 aliphatic heterocycles. The van der Waals surface area contributed by atoms with Gasteiger partial charge in [-0.2, -0.15) is 0 Å². The van der Waals surface area contributed by atoms with E-state index in [1.165, 1.54) is 16.2 Å². The van der Waals surface area contributed by atoms with Crippen LogP contribution in [0.4, 0.5) is 0 Å². The van der Waals surface area contributed by atoms with Gasteiger partial charge in [0.25, 0.3) is 0 Å². The lowest BCUT2D eigenvalue weighted by atomic mass is 9.89. The zero-order chi connectivity index (χ0) is 10.7. The first-order chi connectivity index (χ1) is 7.35. The first-order valence-corrected chi connectivity index (χ1v) is 6.66. The summed E-state index contributed by atoms with van der Waals surface area (Å²) in [6.07, 6.45) is 2.22. The van der Waals surface area contributed by atoms with Crippen molar-refractivity contribution in [2.45, 2.75) is 30.6 Å². The molecule has 15 heavy (non-hydrogen) atoms. The molecule has 0 saturated heterocycles. The first kappa shape index (κ1) is 11.0. The van der Waals surface area contributed by atoms with Gasteiger partial charge < -0.3 is 5.11 Å². The Bertz CT molecular complexity index is 320. The van der Waals surface area contributed by atoms with Gasteiger partial charge in [-0.15, -0.1) is 11.8 Å². The number of fused-ring (bicyclic) bond motifs is 1. The molecule has 0 radical (unpaired) electrons. The third-order valence-electron chi connectivity index (χ3n) is 3.25. The fraction of sp³-hybridized carbons (Fsp3) is 0.538. The summed E-state index contributed by atoms with van der Waals surface area (Å²) >= 11 is 1.96. The van der Waals surface area contributed by atoms with E-state index in [1.807, 2.05) is 11.8 Å². The summed E-state index contributed by atoms with van der Waals surface area (Å²) < 4.78 is 0. The maximum Gasteiger partial charge on any atom is 0.0459 e. The lowest BCUT2D eigenvalue weighted by Crippen LogP contribution is -2.10. The van der Waals surface area contributed by atoms with Crippen LogP contribution in [0.1, 0.15) is 31.2 Å². The van der Waals surface area contributed by atoms with Gasteiger partial charge in [0.2, 0.25) is 0 Å². The molecule has 2 rings (SSSR count). The van der Waals surface area contributed by atoms with Gasteiger partial charge in [0.1, 0.15) is 0 Å². The van der Waals surface area contributed by atoms with Crippen LogP contribution in [-0.4, -0.2) is 17.5 Å². The van der Waals surface area contributed by atoms with Crippen LogP contribution in [0, 0.1) is 5.92 Å². The van der Waals surface area contributed by atoms with Gasteiger partial charge in [0.15, 0.2) is 0 Å². The van der Waals surface area contributed by atoms with E-state index in [-0.39, 0.29) is 0 Å². The lowest BCUT2D eigenvalue weighted by molar-refractivity contribution is 0.209. The molecular weight excluding hydrogens is 204 g/mol. The second kappa shape index (κ2) is 5.04. The number of aliphatic hydroxyl groups is 1. The summed E-state index contributed by atoms with van der Waals surface area (Å²) in [5.41, 5.74) is 1.49. The largest absolute Gasteiger partial charge is 0.396 e. The molecule has 0 spiro atoms. The number of thioether (sulfide) groups is 1. The Balaban J connectivity index is 2.07. The predicted octanol–water partition coefficient (Wildman–Crippen LogP) is 3.28. The van der Waals surface area contributed by atoms with Crippen LogP contribution >= 0.6 is 11.8 Å². The summed E-state index contributed by atoms with van der Waals surface area (Å²) in [7, 11) is 0. The zero-order valence-electron chi connectivity index (χ0n) is 9.15. The molecule has 0 saturated carbocycles. The maximum absolute atomic E-state index is 9.23. The zero-order valence-corrected chi connectivity index (χ0v) is 9.96. The van der Waals surface area contributed by atoms with E-state index >= 15 is 0 Å². The Hall–Kier alpha value is -0.470. The molecule has 1 aliphatic rings. The van der Waals surface area contributed by atoms with E-state index in [0.29, 0.717) is 18.4 Å². The third-order valence-corrected chi connectivity index (χ3v) is 4.50. The molecule has 1 heterocycles. The molecule has 0 fully saturated rings. The molecular formula is C13H18OS. The third kappa shape index (κ3) is 2.37. The number of hydrogen-bond acceptors (Lipinski definition) is 2. The van der Waals surface area contributed by atoms with E-state index in [0.717, 1.165) is 12.8 Å². The Labute approximate surface area is 95.9 Å². The number of aliphatic hydroxyl groups excluding tert-OH is 1. The second-order valence-electron chi connectivity index (χ2n) is 4.24. The molecule has 82 valence electrons. The van der Waals surface area contributed by atoms with E-state index in [2.05, 4.69) is 31.2 Å². The Morgan fingerprint density at radius 2 is 2.27 bits per heavy atom. The molecule has 0 aromatic heterocycles. The summed E-state index contributed by atoms with van der Waals surface area (Å²) in [6, 6.07) is 8.68. The van der Waals surface area contributed by atoms with Crippen LogP contribution in [0.3, 0.4) is 0 Å². The topological polar surface area (TPSA) is 20.2 Å². The minimum Gasteiger partial charge on any atom is -0.396 e. The molecule has 0 bridgehead atoms. The fourth-order valence-electron chi connectivity index (χ4n) is 2.20. The molecule has 2 unspecified atom stereocenters. The Morgan fingerprint density at radius 3 is 3.00 bits per heavy atom. The van der Waals surface area contributed by atoms with E-state index < -0.39 is 0 Å². The van der Waals surface area contributed by atoms with Crippen LogP contribution in [0.5, 0.6) is 0 Å². The molecule has 2 heteroatoms. The quantitative estimate of drug-likeness (QED) is 0.843.